The van der Waals surface area contributed by atoms with Crippen LogP contribution < -0.4 is 25.2 Å². The van der Waals surface area contributed by atoms with E-state index in [0.29, 0.717) is 61.0 Å². The summed E-state index contributed by atoms with van der Waals surface area (Å²) in [5, 5.41) is 21.9. The maximum atomic E-state index is 15.2. The lowest BCUT2D eigenvalue weighted by Crippen LogP contribution is -2.46. The molecule has 394 valence electrons. The molecule has 0 spiro atoms. The van der Waals surface area contributed by atoms with Crippen LogP contribution in [0.2, 0.25) is 0 Å². The number of pyridine rings is 1. The summed E-state index contributed by atoms with van der Waals surface area (Å²) in [6.45, 7) is 5.35. The Labute approximate surface area is 441 Å². The van der Waals surface area contributed by atoms with E-state index >= 15 is 13.2 Å². The highest BCUT2D eigenvalue weighted by molar-refractivity contribution is 7.22. The molecule has 3 aromatic heterocycles. The number of anilines is 3. The number of piperidine rings is 1. The van der Waals surface area contributed by atoms with Crippen molar-refractivity contribution in [3.05, 3.63) is 125 Å². The molecule has 7 aromatic rings. The Morgan fingerprint density at radius 3 is 2.42 bits per heavy atom. The molecule has 19 heteroatoms. The van der Waals surface area contributed by atoms with E-state index in [-0.39, 0.29) is 47.0 Å². The van der Waals surface area contributed by atoms with Gasteiger partial charge in [0.2, 0.25) is 11.8 Å². The minimum Gasteiger partial charge on any atom is -0.490 e. The van der Waals surface area contributed by atoms with Gasteiger partial charge in [-0.25, -0.2) is 14.8 Å². The topological polar surface area (TPSA) is 175 Å². The average Bonchev–Trinajstić information content (AvgIpc) is 4.01. The van der Waals surface area contributed by atoms with Crippen molar-refractivity contribution >= 4 is 72.8 Å². The number of imide groups is 1. The van der Waals surface area contributed by atoms with Gasteiger partial charge in [-0.3, -0.25) is 34.6 Å². The Bertz CT molecular complexity index is 3330. The Kier molecular flexibility index (Phi) is 14.2. The largest absolute Gasteiger partial charge is 0.490 e. The molecule has 4 aliphatic rings. The van der Waals surface area contributed by atoms with Crippen molar-refractivity contribution in [3.8, 4) is 16.9 Å². The fourth-order valence-corrected chi connectivity index (χ4v) is 12.5. The van der Waals surface area contributed by atoms with Gasteiger partial charge in [0, 0.05) is 80.5 Å². The summed E-state index contributed by atoms with van der Waals surface area (Å²) in [6.07, 6.45) is 2.16. The van der Waals surface area contributed by atoms with Crippen molar-refractivity contribution in [1.29, 1.82) is 0 Å². The van der Waals surface area contributed by atoms with Gasteiger partial charge in [-0.1, -0.05) is 60.6 Å². The molecule has 1 saturated carbocycles. The van der Waals surface area contributed by atoms with Gasteiger partial charge in [0.05, 0.1) is 33.4 Å². The zero-order valence-electron chi connectivity index (χ0n) is 42.1. The van der Waals surface area contributed by atoms with Crippen molar-refractivity contribution in [2.75, 3.05) is 54.4 Å². The summed E-state index contributed by atoms with van der Waals surface area (Å²) in [5.41, 5.74) is 3.69. The van der Waals surface area contributed by atoms with Crippen LogP contribution in [-0.4, -0.2) is 98.8 Å². The van der Waals surface area contributed by atoms with Crippen LogP contribution >= 0.6 is 11.3 Å². The third kappa shape index (κ3) is 10.6. The molecule has 3 fully saturated rings. The maximum absolute atomic E-state index is 15.2. The number of ether oxygens (including phenoxy) is 1. The number of hydrogen-bond donors (Lipinski definition) is 3. The molecule has 6 heterocycles. The number of nitrogens with one attached hydrogen (secondary N) is 2. The second-order valence-electron chi connectivity index (χ2n) is 20.4. The van der Waals surface area contributed by atoms with E-state index in [1.54, 1.807) is 12.1 Å². The van der Waals surface area contributed by atoms with E-state index in [9.17, 15) is 24.3 Å². The molecule has 1 atom stereocenters. The van der Waals surface area contributed by atoms with E-state index in [1.807, 2.05) is 59.1 Å². The van der Waals surface area contributed by atoms with Crippen molar-refractivity contribution in [2.45, 2.75) is 89.0 Å². The van der Waals surface area contributed by atoms with Crippen LogP contribution in [0.1, 0.15) is 107 Å². The number of aryl methyl sites for hydroxylation is 1. The SMILES string of the molecule is Cn1nc(C2CCC(=O)NC2=O)c2ccc(N3CCN(CCCC[C@H]4CC[C@H](Oc5cccc(-c6ccc(N7CCc8cccc(C(=O)Nc9nc%10ccccc%10s9)c8C7)nc6C(=O)O)c5C(F)(F)F)CC4)CC3)cc21. The molecule has 1 aliphatic carbocycles. The first-order chi connectivity index (χ1) is 36.7. The number of carboxylic acid groups (broad SMARTS) is 1. The molecular formula is C57H58F3N9O6S. The molecule has 15 nitrogen and oxygen atoms in total. The lowest BCUT2D eigenvalue weighted by atomic mass is 9.84. The number of halogens is 3. The third-order valence-electron chi connectivity index (χ3n) is 15.6. The fraction of sp³-hybridized carbons (Fsp3) is 0.386. The van der Waals surface area contributed by atoms with Crippen LogP contribution in [0, 0.1) is 5.92 Å². The lowest BCUT2D eigenvalue weighted by Gasteiger charge is -2.36. The minimum atomic E-state index is -4.86. The number of piperazine rings is 1. The molecule has 3 amide bonds. The standard InChI is InChI=1S/C57H58F3N9O6S/c1-66-45-32-36(17-20-41(45)51(65-66)42-22-24-49(70)63-54(42)72)68-30-28-67(29-31-68)26-5-4-8-34-15-18-37(19-16-34)75-46-13-7-10-38(50(46)57(58,59)60)39-21-23-48(62-52(39)55(73)74)69-27-25-35-9-6-11-40(43(35)33-69)53(71)64-56-61-44-12-2-3-14-47(44)76-56/h2-3,6-7,9-14,17,20-21,23,32,34,37,42H,4-5,8,15-16,18-19,22,24-31,33H2,1H3,(H,73,74)(H,61,64,71)(H,63,70,72)/t34-,37-,42?. The summed E-state index contributed by atoms with van der Waals surface area (Å²) in [6, 6.07) is 26.4. The van der Waals surface area contributed by atoms with Gasteiger partial charge in [-0.05, 0) is 123 Å². The monoisotopic (exact) mass is 1050 g/mol. The number of amides is 3. The molecular weight excluding hydrogens is 996 g/mol. The first kappa shape index (κ1) is 50.8. The predicted molar refractivity (Wildman–Crippen MR) is 285 cm³/mol. The van der Waals surface area contributed by atoms with Crippen LogP contribution in [0.25, 0.3) is 32.2 Å². The number of carboxylic acids is 1. The number of carbonyl (C=O) groups is 4. The van der Waals surface area contributed by atoms with Gasteiger partial charge < -0.3 is 19.6 Å². The number of aromatic nitrogens is 4. The number of carbonyl (C=O) groups excluding carboxylic acids is 3. The first-order valence-corrected chi connectivity index (χ1v) is 27.0. The average molecular weight is 1050 g/mol. The van der Waals surface area contributed by atoms with Gasteiger partial charge in [0.15, 0.2) is 10.8 Å². The molecule has 11 rings (SSSR count). The molecule has 1 unspecified atom stereocenters. The van der Waals surface area contributed by atoms with E-state index in [0.717, 1.165) is 103 Å². The zero-order valence-corrected chi connectivity index (χ0v) is 42.9. The Morgan fingerprint density at radius 1 is 0.842 bits per heavy atom. The lowest BCUT2D eigenvalue weighted by molar-refractivity contribution is -0.139. The summed E-state index contributed by atoms with van der Waals surface area (Å²) in [4.78, 5) is 66.6. The van der Waals surface area contributed by atoms with Gasteiger partial charge in [-0.2, -0.15) is 18.3 Å². The number of fused-ring (bicyclic) bond motifs is 3. The molecule has 3 N–H and O–H groups in total. The molecule has 4 aromatic carbocycles. The van der Waals surface area contributed by atoms with Crippen LogP contribution in [0.15, 0.2) is 91.0 Å². The highest BCUT2D eigenvalue weighted by atomic mass is 32.1. The van der Waals surface area contributed by atoms with E-state index < -0.39 is 35.4 Å². The summed E-state index contributed by atoms with van der Waals surface area (Å²) >= 11 is 1.37. The third-order valence-corrected chi connectivity index (χ3v) is 16.6. The number of nitrogens with zero attached hydrogens (tertiary/aromatic N) is 7. The smallest absolute Gasteiger partial charge is 0.420 e. The number of aromatic carboxylic acids is 1. The van der Waals surface area contributed by atoms with Gasteiger partial charge in [0.1, 0.15) is 17.1 Å². The summed E-state index contributed by atoms with van der Waals surface area (Å²) in [5.74, 6) is -2.36. The molecule has 2 saturated heterocycles. The summed E-state index contributed by atoms with van der Waals surface area (Å²) < 4.78 is 54.5. The first-order valence-electron chi connectivity index (χ1n) is 26.2. The van der Waals surface area contributed by atoms with Crippen LogP contribution in [0.5, 0.6) is 5.75 Å². The van der Waals surface area contributed by atoms with Crippen LogP contribution in [-0.2, 0) is 35.8 Å². The number of unbranched alkanes of at least 4 members (excludes halogenated alkanes) is 1. The van der Waals surface area contributed by atoms with Gasteiger partial charge in [-0.15, -0.1) is 0 Å². The number of rotatable bonds is 14. The number of thiazole rings is 1. The fourth-order valence-electron chi connectivity index (χ4n) is 11.6. The van der Waals surface area contributed by atoms with Gasteiger partial charge >= 0.3 is 12.1 Å². The number of para-hydroxylation sites is 1. The molecule has 76 heavy (non-hydrogen) atoms. The predicted octanol–water partition coefficient (Wildman–Crippen LogP) is 10.2. The minimum absolute atomic E-state index is 0.168. The normalized spacial score (nSPS) is 19.4. The quantitative estimate of drug-likeness (QED) is 0.0696. The second-order valence-corrected chi connectivity index (χ2v) is 21.4. The van der Waals surface area contributed by atoms with Crippen molar-refractivity contribution < 1.29 is 42.2 Å². The molecule has 0 radical (unpaired) electrons. The highest BCUT2D eigenvalue weighted by Gasteiger charge is 2.40. The van der Waals surface area contributed by atoms with Crippen molar-refractivity contribution in [2.24, 2.45) is 13.0 Å². The van der Waals surface area contributed by atoms with Crippen molar-refractivity contribution in [3.63, 3.8) is 0 Å². The number of benzene rings is 4. The number of hydrogen-bond acceptors (Lipinski definition) is 12. The van der Waals surface area contributed by atoms with Gasteiger partial charge in [0.25, 0.3) is 5.91 Å². The molecule has 3 aliphatic heterocycles. The highest BCUT2D eigenvalue weighted by Crippen LogP contribution is 2.45. The van der Waals surface area contributed by atoms with E-state index in [1.165, 1.54) is 35.6 Å². The Balaban J connectivity index is 0.678. The maximum Gasteiger partial charge on any atom is 0.420 e. The van der Waals surface area contributed by atoms with E-state index in [4.69, 9.17) is 9.84 Å². The second kappa shape index (κ2) is 21.3. The Hall–Kier alpha value is -7.38. The summed E-state index contributed by atoms with van der Waals surface area (Å²) in [7, 11) is 1.88. The van der Waals surface area contributed by atoms with E-state index in [2.05, 4.69) is 42.5 Å². The van der Waals surface area contributed by atoms with Crippen molar-refractivity contribution in [1.82, 2.24) is 30.0 Å². The van der Waals surface area contributed by atoms with Crippen LogP contribution in [0.4, 0.5) is 29.8 Å². The zero-order chi connectivity index (χ0) is 52.7. The Morgan fingerprint density at radius 2 is 1.64 bits per heavy atom. The molecule has 0 bridgehead atoms. The number of alkyl halides is 3. The van der Waals surface area contributed by atoms with Crippen LogP contribution in [0.3, 0.4) is 0 Å².